The van der Waals surface area contributed by atoms with Gasteiger partial charge in [0.25, 0.3) is 0 Å². The summed E-state index contributed by atoms with van der Waals surface area (Å²) in [5.74, 6) is 0.193. The number of carbonyl (C=O) groups excluding carboxylic acids is 1. The molecular formula is C16H13F3N4OS. The van der Waals surface area contributed by atoms with Gasteiger partial charge in [-0.2, -0.15) is 13.2 Å². The smallest absolute Gasteiger partial charge is 0.326 e. The minimum Gasteiger partial charge on any atom is -0.326 e. The number of amides is 1. The fraction of sp³-hybridized carbons (Fsp3) is 0.188. The van der Waals surface area contributed by atoms with Crippen LogP contribution in [0.5, 0.6) is 0 Å². The lowest BCUT2D eigenvalue weighted by atomic mass is 10.3. The second-order valence-corrected chi connectivity index (χ2v) is 6.20. The molecule has 3 rings (SSSR count). The molecular weight excluding hydrogens is 353 g/mol. The van der Waals surface area contributed by atoms with Crippen LogP contribution in [0.25, 0.3) is 5.65 Å². The topological polar surface area (TPSA) is 59.3 Å². The zero-order valence-corrected chi connectivity index (χ0v) is 13.6. The van der Waals surface area contributed by atoms with Crippen LogP contribution < -0.4 is 5.32 Å². The van der Waals surface area contributed by atoms with Crippen LogP contribution >= 0.6 is 11.8 Å². The van der Waals surface area contributed by atoms with E-state index in [1.165, 1.54) is 22.2 Å². The number of nitrogens with zero attached hydrogens (tertiary/aromatic N) is 3. The number of thioether (sulfide) groups is 1. The molecule has 25 heavy (non-hydrogen) atoms. The van der Waals surface area contributed by atoms with Crippen molar-refractivity contribution in [1.29, 1.82) is 0 Å². The molecule has 0 aliphatic carbocycles. The molecule has 0 unspecified atom stereocenters. The Balaban J connectivity index is 1.62. The number of halogens is 3. The Morgan fingerprint density at radius 1 is 1.12 bits per heavy atom. The molecule has 3 aromatic rings. The number of nitrogens with one attached hydrogen (secondary N) is 1. The SMILES string of the molecule is O=C(CCSc1nnc2ccc(C(F)(F)F)cn12)Nc1ccccc1. The van der Waals surface area contributed by atoms with Gasteiger partial charge in [0.1, 0.15) is 0 Å². The van der Waals surface area contributed by atoms with E-state index in [4.69, 9.17) is 0 Å². The van der Waals surface area contributed by atoms with Gasteiger partial charge in [-0.25, -0.2) is 0 Å². The fourth-order valence-electron chi connectivity index (χ4n) is 2.12. The summed E-state index contributed by atoms with van der Waals surface area (Å²) in [5, 5.41) is 10.8. The monoisotopic (exact) mass is 366 g/mol. The van der Waals surface area contributed by atoms with Crippen molar-refractivity contribution >= 4 is 29.0 Å². The molecule has 0 aliphatic rings. The van der Waals surface area contributed by atoms with Crippen LogP contribution in [0.1, 0.15) is 12.0 Å². The predicted octanol–water partition coefficient (Wildman–Crippen LogP) is 3.87. The molecule has 0 spiro atoms. The van der Waals surface area contributed by atoms with Crippen molar-refractivity contribution in [2.24, 2.45) is 0 Å². The van der Waals surface area contributed by atoms with E-state index < -0.39 is 11.7 Å². The number of benzene rings is 1. The first-order valence-corrected chi connectivity index (χ1v) is 8.32. The highest BCUT2D eigenvalue weighted by molar-refractivity contribution is 7.99. The van der Waals surface area contributed by atoms with E-state index in [0.29, 0.717) is 22.2 Å². The molecule has 1 N–H and O–H groups in total. The van der Waals surface area contributed by atoms with Gasteiger partial charge in [-0.15, -0.1) is 10.2 Å². The van der Waals surface area contributed by atoms with Crippen LogP contribution in [0.2, 0.25) is 0 Å². The van der Waals surface area contributed by atoms with Crippen molar-refractivity contribution in [2.45, 2.75) is 17.8 Å². The summed E-state index contributed by atoms with van der Waals surface area (Å²) >= 11 is 1.18. The molecule has 0 fully saturated rings. The van der Waals surface area contributed by atoms with Crippen LogP contribution in [0.3, 0.4) is 0 Å². The summed E-state index contributed by atoms with van der Waals surface area (Å²) < 4.78 is 39.7. The lowest BCUT2D eigenvalue weighted by Crippen LogP contribution is -2.12. The van der Waals surface area contributed by atoms with E-state index in [0.717, 1.165) is 12.3 Å². The molecule has 0 bridgehead atoms. The maximum atomic E-state index is 12.8. The average molecular weight is 366 g/mol. The van der Waals surface area contributed by atoms with Gasteiger partial charge in [0, 0.05) is 24.1 Å². The third-order valence-electron chi connectivity index (χ3n) is 3.32. The second kappa shape index (κ2) is 7.14. The summed E-state index contributed by atoms with van der Waals surface area (Å²) in [6.45, 7) is 0. The summed E-state index contributed by atoms with van der Waals surface area (Å²) in [7, 11) is 0. The Kier molecular flexibility index (Phi) is 4.93. The lowest BCUT2D eigenvalue weighted by Gasteiger charge is -2.07. The normalized spacial score (nSPS) is 11.6. The Morgan fingerprint density at radius 2 is 1.88 bits per heavy atom. The van der Waals surface area contributed by atoms with Crippen LogP contribution in [0.4, 0.5) is 18.9 Å². The van der Waals surface area contributed by atoms with Crippen molar-refractivity contribution < 1.29 is 18.0 Å². The fourth-order valence-corrected chi connectivity index (χ4v) is 2.97. The van der Waals surface area contributed by atoms with Crippen LogP contribution in [-0.4, -0.2) is 26.3 Å². The molecule has 5 nitrogen and oxygen atoms in total. The number of hydrogen-bond acceptors (Lipinski definition) is 4. The molecule has 9 heteroatoms. The van der Waals surface area contributed by atoms with Gasteiger partial charge in [0.05, 0.1) is 5.56 Å². The highest BCUT2D eigenvalue weighted by Crippen LogP contribution is 2.30. The number of hydrogen-bond donors (Lipinski definition) is 1. The van der Waals surface area contributed by atoms with Crippen molar-refractivity contribution in [3.8, 4) is 0 Å². The maximum absolute atomic E-state index is 12.8. The molecule has 2 aromatic heterocycles. The van der Waals surface area contributed by atoms with Crippen molar-refractivity contribution in [3.63, 3.8) is 0 Å². The highest BCUT2D eigenvalue weighted by Gasteiger charge is 2.31. The Labute approximate surface area is 145 Å². The average Bonchev–Trinajstić information content (AvgIpc) is 2.97. The van der Waals surface area contributed by atoms with Crippen LogP contribution in [0, 0.1) is 0 Å². The van der Waals surface area contributed by atoms with Crippen molar-refractivity contribution in [1.82, 2.24) is 14.6 Å². The van der Waals surface area contributed by atoms with E-state index >= 15 is 0 Å². The first kappa shape index (κ1) is 17.3. The third-order valence-corrected chi connectivity index (χ3v) is 4.26. The maximum Gasteiger partial charge on any atom is 0.417 e. The van der Waals surface area contributed by atoms with Crippen molar-refractivity contribution in [2.75, 3.05) is 11.1 Å². The molecule has 0 radical (unpaired) electrons. The number of pyridine rings is 1. The van der Waals surface area contributed by atoms with Gasteiger partial charge >= 0.3 is 6.18 Å². The summed E-state index contributed by atoms with van der Waals surface area (Å²) in [6.07, 6.45) is -3.27. The minimum absolute atomic E-state index is 0.177. The Bertz CT molecular complexity index is 880. The summed E-state index contributed by atoms with van der Waals surface area (Å²) in [4.78, 5) is 11.9. The predicted molar refractivity (Wildman–Crippen MR) is 88.4 cm³/mol. The number of aromatic nitrogens is 3. The lowest BCUT2D eigenvalue weighted by molar-refractivity contribution is -0.137. The van der Waals surface area contributed by atoms with Gasteiger partial charge in [0.2, 0.25) is 5.91 Å². The minimum atomic E-state index is -4.43. The Morgan fingerprint density at radius 3 is 2.60 bits per heavy atom. The molecule has 1 amide bonds. The number of para-hydroxylation sites is 1. The molecule has 0 saturated carbocycles. The van der Waals surface area contributed by atoms with Crippen molar-refractivity contribution in [3.05, 3.63) is 54.2 Å². The largest absolute Gasteiger partial charge is 0.417 e. The van der Waals surface area contributed by atoms with Gasteiger partial charge in [-0.1, -0.05) is 30.0 Å². The number of alkyl halides is 3. The molecule has 2 heterocycles. The zero-order valence-electron chi connectivity index (χ0n) is 12.8. The number of rotatable bonds is 5. The molecule has 130 valence electrons. The van der Waals surface area contributed by atoms with E-state index in [9.17, 15) is 18.0 Å². The first-order valence-electron chi connectivity index (χ1n) is 7.33. The van der Waals surface area contributed by atoms with Gasteiger partial charge in [0.15, 0.2) is 10.8 Å². The number of fused-ring (bicyclic) bond motifs is 1. The molecule has 0 saturated heterocycles. The molecule has 0 aliphatic heterocycles. The zero-order chi connectivity index (χ0) is 17.9. The van der Waals surface area contributed by atoms with Crippen LogP contribution in [-0.2, 0) is 11.0 Å². The molecule has 1 aromatic carbocycles. The highest BCUT2D eigenvalue weighted by atomic mass is 32.2. The second-order valence-electron chi connectivity index (χ2n) is 5.14. The van der Waals surface area contributed by atoms with E-state index in [1.807, 2.05) is 18.2 Å². The third kappa shape index (κ3) is 4.30. The quantitative estimate of drug-likeness (QED) is 0.697. The Hall–Kier alpha value is -2.55. The van der Waals surface area contributed by atoms with E-state index in [-0.39, 0.29) is 12.3 Å². The summed E-state index contributed by atoms with van der Waals surface area (Å²) in [6, 6.07) is 11.2. The van der Waals surface area contributed by atoms with Gasteiger partial charge < -0.3 is 5.32 Å². The molecule has 0 atom stereocenters. The van der Waals surface area contributed by atoms with E-state index in [1.54, 1.807) is 12.1 Å². The van der Waals surface area contributed by atoms with E-state index in [2.05, 4.69) is 15.5 Å². The van der Waals surface area contributed by atoms with Gasteiger partial charge in [-0.3, -0.25) is 9.20 Å². The standard InChI is InChI=1S/C16H13F3N4OS/c17-16(18,19)11-6-7-13-21-22-15(23(13)10-11)25-9-8-14(24)20-12-4-2-1-3-5-12/h1-7,10H,8-9H2,(H,20,24). The van der Waals surface area contributed by atoms with Crippen LogP contribution in [0.15, 0.2) is 53.8 Å². The number of carbonyl (C=O) groups is 1. The van der Waals surface area contributed by atoms with Gasteiger partial charge in [-0.05, 0) is 24.3 Å². The number of anilines is 1. The first-order chi connectivity index (χ1) is 11.9. The summed E-state index contributed by atoms with van der Waals surface area (Å²) in [5.41, 5.74) is 0.243.